The molecule has 3 nitrogen and oxygen atoms in total. The number of hydrogen-bond acceptors (Lipinski definition) is 2. The van der Waals surface area contributed by atoms with Gasteiger partial charge < -0.3 is 0 Å². The molecule has 3 rings (SSSR count). The predicted octanol–water partition coefficient (Wildman–Crippen LogP) is 4.77. The Morgan fingerprint density at radius 1 is 1.09 bits per heavy atom. The van der Waals surface area contributed by atoms with Gasteiger partial charge in [-0.25, -0.2) is 4.39 Å². The van der Waals surface area contributed by atoms with Crippen molar-refractivity contribution in [2.24, 2.45) is 0 Å². The van der Waals surface area contributed by atoms with E-state index in [-0.39, 0.29) is 11.6 Å². The van der Waals surface area contributed by atoms with Crippen molar-refractivity contribution in [2.75, 3.05) is 0 Å². The van der Waals surface area contributed by atoms with Gasteiger partial charge in [0, 0.05) is 16.1 Å². The Morgan fingerprint density at radius 3 is 2.48 bits per heavy atom. The topological polar surface area (TPSA) is 45.8 Å². The summed E-state index contributed by atoms with van der Waals surface area (Å²) in [7, 11) is 0. The van der Waals surface area contributed by atoms with Gasteiger partial charge in [-0.3, -0.25) is 9.89 Å². The molecule has 2 aromatic carbocycles. The summed E-state index contributed by atoms with van der Waals surface area (Å²) in [6, 6.07) is 14.6. The van der Waals surface area contributed by atoms with Crippen LogP contribution in [0.4, 0.5) is 4.39 Å². The van der Waals surface area contributed by atoms with Crippen LogP contribution in [0, 0.1) is 5.82 Å². The molecule has 0 unspecified atom stereocenters. The number of hydrogen-bond donors (Lipinski definition) is 1. The molecule has 0 bridgehead atoms. The largest absolute Gasteiger partial charge is 0.289 e. The number of carbonyl (C=O) groups is 1. The number of nitrogens with zero attached hydrogens (tertiary/aromatic N) is 1. The molecule has 0 aliphatic carbocycles. The average molecular weight is 327 g/mol. The Morgan fingerprint density at radius 2 is 1.78 bits per heavy atom. The zero-order valence-electron chi connectivity index (χ0n) is 12.0. The first kappa shape index (κ1) is 15.2. The number of H-pyrrole nitrogens is 1. The van der Waals surface area contributed by atoms with Gasteiger partial charge in [0.2, 0.25) is 0 Å². The Bertz CT molecular complexity index is 851. The van der Waals surface area contributed by atoms with Crippen molar-refractivity contribution >= 4 is 23.5 Å². The first-order valence-electron chi connectivity index (χ1n) is 6.91. The highest BCUT2D eigenvalue weighted by molar-refractivity contribution is 6.30. The summed E-state index contributed by atoms with van der Waals surface area (Å²) in [4.78, 5) is 12.0. The molecule has 0 spiro atoms. The van der Waals surface area contributed by atoms with Crippen LogP contribution in [0.1, 0.15) is 16.1 Å². The number of ketones is 1. The van der Waals surface area contributed by atoms with E-state index in [2.05, 4.69) is 10.2 Å². The van der Waals surface area contributed by atoms with Gasteiger partial charge in [-0.1, -0.05) is 23.7 Å². The molecular formula is C18H12ClFN2O. The Balaban J connectivity index is 1.74. The van der Waals surface area contributed by atoms with Crippen molar-refractivity contribution < 1.29 is 9.18 Å². The summed E-state index contributed by atoms with van der Waals surface area (Å²) >= 11 is 5.86. The third-order valence-electron chi connectivity index (χ3n) is 3.28. The van der Waals surface area contributed by atoms with Crippen LogP contribution in [-0.2, 0) is 0 Å². The van der Waals surface area contributed by atoms with E-state index in [1.807, 2.05) is 18.2 Å². The number of carbonyl (C=O) groups excluding carboxylic acids is 1. The number of nitrogens with one attached hydrogen (secondary N) is 1. The second kappa shape index (κ2) is 6.58. The Labute approximate surface area is 137 Å². The van der Waals surface area contributed by atoms with Crippen LogP contribution >= 0.6 is 11.6 Å². The van der Waals surface area contributed by atoms with Gasteiger partial charge in [-0.2, -0.15) is 5.10 Å². The first-order valence-corrected chi connectivity index (χ1v) is 7.29. The summed E-state index contributed by atoms with van der Waals surface area (Å²) in [5, 5.41) is 7.71. The smallest absolute Gasteiger partial charge is 0.185 e. The number of aromatic nitrogens is 2. The number of aromatic amines is 1. The molecule has 0 aliphatic heterocycles. The fraction of sp³-hybridized carbons (Fsp3) is 0. The maximum Gasteiger partial charge on any atom is 0.185 e. The monoisotopic (exact) mass is 326 g/mol. The SMILES string of the molecule is O=C(/C=C/c1cc(-c2ccc(Cl)cc2)n[nH]1)c1ccc(F)cc1. The lowest BCUT2D eigenvalue weighted by molar-refractivity contribution is 0.104. The number of benzene rings is 2. The van der Waals surface area contributed by atoms with Crippen LogP contribution in [0.3, 0.4) is 0 Å². The second-order valence-electron chi connectivity index (χ2n) is 4.92. The number of allylic oxidation sites excluding steroid dienone is 1. The first-order chi connectivity index (χ1) is 11.1. The van der Waals surface area contributed by atoms with Crippen LogP contribution in [0.25, 0.3) is 17.3 Å². The minimum atomic E-state index is -0.369. The minimum Gasteiger partial charge on any atom is -0.289 e. The lowest BCUT2D eigenvalue weighted by Crippen LogP contribution is -1.93. The van der Waals surface area contributed by atoms with E-state index in [1.165, 1.54) is 30.3 Å². The normalized spacial score (nSPS) is 11.0. The molecule has 5 heteroatoms. The zero-order chi connectivity index (χ0) is 16.2. The maximum absolute atomic E-state index is 12.8. The lowest BCUT2D eigenvalue weighted by atomic mass is 10.1. The van der Waals surface area contributed by atoms with E-state index in [0.29, 0.717) is 16.3 Å². The van der Waals surface area contributed by atoms with Gasteiger partial charge in [0.05, 0.1) is 11.4 Å². The zero-order valence-corrected chi connectivity index (χ0v) is 12.7. The lowest BCUT2D eigenvalue weighted by Gasteiger charge is -1.95. The molecule has 0 fully saturated rings. The third-order valence-corrected chi connectivity index (χ3v) is 3.53. The summed E-state index contributed by atoms with van der Waals surface area (Å²) in [6.45, 7) is 0. The Kier molecular flexibility index (Phi) is 4.35. The molecule has 0 saturated carbocycles. The molecule has 1 aromatic heterocycles. The summed E-state index contributed by atoms with van der Waals surface area (Å²) < 4.78 is 12.8. The molecule has 114 valence electrons. The highest BCUT2D eigenvalue weighted by atomic mass is 35.5. The van der Waals surface area contributed by atoms with E-state index < -0.39 is 0 Å². The molecule has 3 aromatic rings. The highest BCUT2D eigenvalue weighted by Gasteiger charge is 2.04. The van der Waals surface area contributed by atoms with Gasteiger partial charge in [0.1, 0.15) is 5.82 Å². The summed E-state index contributed by atoms with van der Waals surface area (Å²) in [5.41, 5.74) is 2.82. The van der Waals surface area contributed by atoms with Gasteiger partial charge in [0.25, 0.3) is 0 Å². The molecule has 1 N–H and O–H groups in total. The van der Waals surface area contributed by atoms with Crippen molar-refractivity contribution in [2.45, 2.75) is 0 Å². The van der Waals surface area contributed by atoms with Crippen molar-refractivity contribution in [1.82, 2.24) is 10.2 Å². The molecule has 0 aliphatic rings. The third kappa shape index (κ3) is 3.73. The number of rotatable bonds is 4. The van der Waals surface area contributed by atoms with E-state index >= 15 is 0 Å². The number of halogens is 2. The van der Waals surface area contributed by atoms with Crippen LogP contribution in [0.2, 0.25) is 5.02 Å². The van der Waals surface area contributed by atoms with E-state index in [0.717, 1.165) is 11.3 Å². The van der Waals surface area contributed by atoms with Crippen molar-refractivity contribution in [3.63, 3.8) is 0 Å². The molecule has 0 saturated heterocycles. The van der Waals surface area contributed by atoms with Gasteiger partial charge in [-0.05, 0) is 54.6 Å². The second-order valence-corrected chi connectivity index (χ2v) is 5.36. The standard InChI is InChI=1S/C18H12ClFN2O/c19-14-5-1-12(2-6-14)17-11-16(21-22-17)9-10-18(23)13-3-7-15(20)8-4-13/h1-11H,(H,21,22)/b10-9+. The summed E-state index contributed by atoms with van der Waals surface area (Å²) in [5.74, 6) is -0.570. The van der Waals surface area contributed by atoms with Gasteiger partial charge in [-0.15, -0.1) is 0 Å². The molecule has 1 heterocycles. The minimum absolute atomic E-state index is 0.201. The van der Waals surface area contributed by atoms with Gasteiger partial charge in [0.15, 0.2) is 5.78 Å². The highest BCUT2D eigenvalue weighted by Crippen LogP contribution is 2.20. The van der Waals surface area contributed by atoms with Crippen LogP contribution < -0.4 is 0 Å². The van der Waals surface area contributed by atoms with E-state index in [4.69, 9.17) is 11.6 Å². The van der Waals surface area contributed by atoms with E-state index in [1.54, 1.807) is 18.2 Å². The van der Waals surface area contributed by atoms with Gasteiger partial charge >= 0.3 is 0 Å². The fourth-order valence-electron chi connectivity index (χ4n) is 2.07. The molecule has 0 radical (unpaired) electrons. The quantitative estimate of drug-likeness (QED) is 0.554. The molecule has 0 amide bonds. The molecule has 23 heavy (non-hydrogen) atoms. The van der Waals surface area contributed by atoms with E-state index in [9.17, 15) is 9.18 Å². The van der Waals surface area contributed by atoms with Crippen LogP contribution in [-0.4, -0.2) is 16.0 Å². The van der Waals surface area contributed by atoms with Crippen LogP contribution in [0.5, 0.6) is 0 Å². The maximum atomic E-state index is 12.8. The van der Waals surface area contributed by atoms with Crippen molar-refractivity contribution in [1.29, 1.82) is 0 Å². The average Bonchev–Trinajstić information content (AvgIpc) is 3.03. The molecule has 0 atom stereocenters. The fourth-order valence-corrected chi connectivity index (χ4v) is 2.19. The van der Waals surface area contributed by atoms with Crippen molar-refractivity contribution in [3.8, 4) is 11.3 Å². The Hall–Kier alpha value is -2.72. The molecular weight excluding hydrogens is 315 g/mol. The van der Waals surface area contributed by atoms with Crippen molar-refractivity contribution in [3.05, 3.63) is 82.8 Å². The summed E-state index contributed by atoms with van der Waals surface area (Å²) in [6.07, 6.45) is 3.06. The predicted molar refractivity (Wildman–Crippen MR) is 88.8 cm³/mol. The van der Waals surface area contributed by atoms with Crippen LogP contribution in [0.15, 0.2) is 60.7 Å².